The molecule has 4 heteroatoms. The predicted molar refractivity (Wildman–Crippen MR) is 73.6 cm³/mol. The highest BCUT2D eigenvalue weighted by Crippen LogP contribution is 2.37. The molecule has 96 valence electrons. The molecule has 2 aliphatic heterocycles. The molecule has 0 saturated carbocycles. The van der Waals surface area contributed by atoms with Crippen molar-refractivity contribution >= 4 is 17.7 Å². The van der Waals surface area contributed by atoms with Gasteiger partial charge in [0.15, 0.2) is 0 Å². The van der Waals surface area contributed by atoms with E-state index in [0.29, 0.717) is 0 Å². The molecule has 2 aliphatic rings. The fourth-order valence-electron chi connectivity index (χ4n) is 2.73. The van der Waals surface area contributed by atoms with Crippen molar-refractivity contribution < 1.29 is 4.79 Å². The molecule has 0 aliphatic carbocycles. The number of rotatable bonds is 1. The Morgan fingerprint density at radius 2 is 2.22 bits per heavy atom. The highest BCUT2D eigenvalue weighted by Gasteiger charge is 2.32. The molecule has 0 bridgehead atoms. The van der Waals surface area contributed by atoms with E-state index in [0.717, 1.165) is 32.4 Å². The van der Waals surface area contributed by atoms with Crippen molar-refractivity contribution in [3.8, 4) is 0 Å². The van der Waals surface area contributed by atoms with Crippen LogP contribution in [0.3, 0.4) is 0 Å². The van der Waals surface area contributed by atoms with Gasteiger partial charge < -0.3 is 10.6 Å². The van der Waals surface area contributed by atoms with E-state index in [9.17, 15) is 4.79 Å². The van der Waals surface area contributed by atoms with E-state index < -0.39 is 0 Å². The zero-order valence-electron chi connectivity index (χ0n) is 10.3. The van der Waals surface area contributed by atoms with Gasteiger partial charge in [-0.1, -0.05) is 18.2 Å². The molecule has 1 fully saturated rings. The lowest BCUT2D eigenvalue weighted by Crippen LogP contribution is -2.48. The van der Waals surface area contributed by atoms with Gasteiger partial charge in [0, 0.05) is 24.0 Å². The molecule has 1 amide bonds. The Bertz CT molecular complexity index is 438. The Kier molecular flexibility index (Phi) is 3.31. The number of thioether (sulfide) groups is 1. The summed E-state index contributed by atoms with van der Waals surface area (Å²) in [5.41, 5.74) is 7.25. The molecular weight excluding hydrogens is 244 g/mol. The van der Waals surface area contributed by atoms with Gasteiger partial charge in [0.05, 0.1) is 5.25 Å². The van der Waals surface area contributed by atoms with Gasteiger partial charge in [0.1, 0.15) is 0 Å². The Balaban J connectivity index is 1.68. The SMILES string of the molecule is N[C@@H]1CCCN(C(=O)C2Cc3ccccc3S2)C1. The fourth-order valence-corrected chi connectivity index (χ4v) is 4.01. The Hall–Kier alpha value is -1.00. The Morgan fingerprint density at radius 1 is 1.39 bits per heavy atom. The topological polar surface area (TPSA) is 46.3 Å². The maximum absolute atomic E-state index is 12.5. The average Bonchev–Trinajstić information content (AvgIpc) is 2.81. The van der Waals surface area contributed by atoms with E-state index in [4.69, 9.17) is 5.73 Å². The van der Waals surface area contributed by atoms with Crippen molar-refractivity contribution in [1.29, 1.82) is 0 Å². The Labute approximate surface area is 112 Å². The zero-order chi connectivity index (χ0) is 12.5. The molecule has 18 heavy (non-hydrogen) atoms. The average molecular weight is 262 g/mol. The van der Waals surface area contributed by atoms with Crippen LogP contribution in [0.15, 0.2) is 29.2 Å². The number of fused-ring (bicyclic) bond motifs is 1. The van der Waals surface area contributed by atoms with Gasteiger partial charge in [-0.3, -0.25) is 4.79 Å². The van der Waals surface area contributed by atoms with Crippen molar-refractivity contribution in [2.75, 3.05) is 13.1 Å². The normalized spacial score (nSPS) is 27.1. The van der Waals surface area contributed by atoms with Gasteiger partial charge in [0.25, 0.3) is 0 Å². The first-order chi connectivity index (χ1) is 8.74. The number of nitrogens with two attached hydrogens (primary N) is 1. The van der Waals surface area contributed by atoms with Crippen LogP contribution in [0.4, 0.5) is 0 Å². The molecule has 2 N–H and O–H groups in total. The van der Waals surface area contributed by atoms with E-state index in [1.54, 1.807) is 11.8 Å². The first-order valence-corrected chi connectivity index (χ1v) is 7.41. The van der Waals surface area contributed by atoms with Crippen molar-refractivity contribution in [3.63, 3.8) is 0 Å². The predicted octanol–water partition coefficient (Wildman–Crippen LogP) is 1.65. The third kappa shape index (κ3) is 2.27. The summed E-state index contributed by atoms with van der Waals surface area (Å²) >= 11 is 1.71. The molecular formula is C14H18N2OS. The molecule has 2 atom stereocenters. The second-order valence-corrected chi connectivity index (χ2v) is 6.35. The highest BCUT2D eigenvalue weighted by molar-refractivity contribution is 8.01. The molecule has 0 aromatic heterocycles. The quantitative estimate of drug-likeness (QED) is 0.837. The summed E-state index contributed by atoms with van der Waals surface area (Å²) in [6.45, 7) is 1.60. The number of amides is 1. The fraction of sp³-hybridized carbons (Fsp3) is 0.500. The second-order valence-electron chi connectivity index (χ2n) is 5.10. The number of carbonyl (C=O) groups excluding carboxylic acids is 1. The molecule has 1 aromatic carbocycles. The molecule has 3 nitrogen and oxygen atoms in total. The number of likely N-dealkylation sites (tertiary alicyclic amines) is 1. The van der Waals surface area contributed by atoms with Crippen molar-refractivity contribution in [2.24, 2.45) is 5.73 Å². The summed E-state index contributed by atoms with van der Waals surface area (Å²) < 4.78 is 0. The van der Waals surface area contributed by atoms with Gasteiger partial charge in [0.2, 0.25) is 5.91 Å². The van der Waals surface area contributed by atoms with Crippen LogP contribution < -0.4 is 5.73 Å². The van der Waals surface area contributed by atoms with Crippen LogP contribution in [0.5, 0.6) is 0 Å². The zero-order valence-corrected chi connectivity index (χ0v) is 11.2. The van der Waals surface area contributed by atoms with Gasteiger partial charge >= 0.3 is 0 Å². The second kappa shape index (κ2) is 4.94. The first kappa shape index (κ1) is 12.1. The third-order valence-electron chi connectivity index (χ3n) is 3.69. The summed E-state index contributed by atoms with van der Waals surface area (Å²) in [6, 6.07) is 8.47. The number of piperidine rings is 1. The van der Waals surface area contributed by atoms with Crippen molar-refractivity contribution in [3.05, 3.63) is 29.8 Å². The van der Waals surface area contributed by atoms with Crippen LogP contribution in [0, 0.1) is 0 Å². The van der Waals surface area contributed by atoms with E-state index in [-0.39, 0.29) is 17.2 Å². The summed E-state index contributed by atoms with van der Waals surface area (Å²) in [5.74, 6) is 0.270. The van der Waals surface area contributed by atoms with Crippen molar-refractivity contribution in [2.45, 2.75) is 35.4 Å². The Morgan fingerprint density at radius 3 is 3.00 bits per heavy atom. The summed E-state index contributed by atoms with van der Waals surface area (Å²) in [5, 5.41) is 0.0627. The first-order valence-electron chi connectivity index (χ1n) is 6.53. The smallest absolute Gasteiger partial charge is 0.236 e. The minimum atomic E-state index is 0.0627. The maximum atomic E-state index is 12.5. The van der Waals surface area contributed by atoms with Gasteiger partial charge in [-0.05, 0) is 30.9 Å². The standard InChI is InChI=1S/C14H18N2OS/c15-11-5-3-7-16(9-11)14(17)13-8-10-4-1-2-6-12(10)18-13/h1-2,4,6,11,13H,3,5,7-9,15H2/t11-,13?/m1/s1. The van der Waals surface area contributed by atoms with Gasteiger partial charge in [-0.15, -0.1) is 11.8 Å². The molecule has 1 saturated heterocycles. The minimum absolute atomic E-state index is 0.0627. The van der Waals surface area contributed by atoms with Crippen molar-refractivity contribution in [1.82, 2.24) is 4.90 Å². The largest absolute Gasteiger partial charge is 0.340 e. The molecule has 1 aromatic rings. The number of nitrogens with zero attached hydrogens (tertiary/aromatic N) is 1. The maximum Gasteiger partial charge on any atom is 0.236 e. The van der Waals surface area contributed by atoms with Crippen LogP contribution in [0.2, 0.25) is 0 Å². The highest BCUT2D eigenvalue weighted by atomic mass is 32.2. The number of benzene rings is 1. The van der Waals surface area contributed by atoms with Crippen LogP contribution in [-0.4, -0.2) is 35.2 Å². The van der Waals surface area contributed by atoms with Crippen LogP contribution in [0.1, 0.15) is 18.4 Å². The number of hydrogen-bond donors (Lipinski definition) is 1. The summed E-state index contributed by atoms with van der Waals surface area (Å²) in [4.78, 5) is 15.7. The molecule has 2 heterocycles. The summed E-state index contributed by atoms with van der Waals surface area (Å²) in [7, 11) is 0. The lowest BCUT2D eigenvalue weighted by Gasteiger charge is -2.32. The summed E-state index contributed by atoms with van der Waals surface area (Å²) in [6.07, 6.45) is 2.95. The lowest BCUT2D eigenvalue weighted by molar-refractivity contribution is -0.131. The van der Waals surface area contributed by atoms with E-state index in [2.05, 4.69) is 12.1 Å². The van der Waals surface area contributed by atoms with E-state index >= 15 is 0 Å². The molecule has 1 unspecified atom stereocenters. The number of hydrogen-bond acceptors (Lipinski definition) is 3. The minimum Gasteiger partial charge on any atom is -0.340 e. The molecule has 0 spiro atoms. The lowest BCUT2D eigenvalue weighted by atomic mass is 10.0. The van der Waals surface area contributed by atoms with E-state index in [1.165, 1.54) is 10.5 Å². The molecule has 0 radical (unpaired) electrons. The third-order valence-corrected chi connectivity index (χ3v) is 5.00. The van der Waals surface area contributed by atoms with Gasteiger partial charge in [-0.2, -0.15) is 0 Å². The van der Waals surface area contributed by atoms with Crippen LogP contribution >= 0.6 is 11.8 Å². The van der Waals surface area contributed by atoms with Gasteiger partial charge in [-0.25, -0.2) is 0 Å². The monoisotopic (exact) mass is 262 g/mol. The molecule has 3 rings (SSSR count). The number of carbonyl (C=O) groups is 1. The van der Waals surface area contributed by atoms with E-state index in [1.807, 2.05) is 17.0 Å². The van der Waals surface area contributed by atoms with Crippen LogP contribution in [-0.2, 0) is 11.2 Å². The van der Waals surface area contributed by atoms with Crippen LogP contribution in [0.25, 0.3) is 0 Å².